The van der Waals surface area contributed by atoms with E-state index in [1.54, 1.807) is 11.9 Å². The first-order valence-corrected chi connectivity index (χ1v) is 5.44. The van der Waals surface area contributed by atoms with Crippen LogP contribution in [0.3, 0.4) is 0 Å². The number of nitrogens with one attached hydrogen (secondary N) is 1. The molecule has 0 fully saturated rings. The lowest BCUT2D eigenvalue weighted by Crippen LogP contribution is -2.41. The molecule has 2 rings (SSSR count). The lowest BCUT2D eigenvalue weighted by molar-refractivity contribution is 0.415. The molecule has 0 saturated carbocycles. The van der Waals surface area contributed by atoms with Crippen molar-refractivity contribution < 1.29 is 0 Å². The van der Waals surface area contributed by atoms with Crippen LogP contribution in [0.1, 0.15) is 0 Å². The lowest BCUT2D eigenvalue weighted by Gasteiger charge is -2.28. The summed E-state index contributed by atoms with van der Waals surface area (Å²) >= 11 is 11.6. The number of para-hydroxylation sites is 1. The van der Waals surface area contributed by atoms with E-state index >= 15 is 0 Å². The van der Waals surface area contributed by atoms with Gasteiger partial charge in [-0.25, -0.2) is 4.99 Å². The second-order valence-electron chi connectivity index (χ2n) is 3.27. The molecule has 4 nitrogen and oxygen atoms in total. The molecule has 0 spiro atoms. The lowest BCUT2D eigenvalue weighted by atomic mass is 10.3. The topological polar surface area (TPSA) is 40.0 Å². The monoisotopic (exact) mass is 256 g/mol. The van der Waals surface area contributed by atoms with Crippen molar-refractivity contribution in [1.29, 1.82) is 0 Å². The Morgan fingerprint density at radius 3 is 2.62 bits per heavy atom. The highest BCUT2D eigenvalue weighted by molar-refractivity contribution is 6.71. The van der Waals surface area contributed by atoms with Crippen LogP contribution in [0.2, 0.25) is 0 Å². The Morgan fingerprint density at radius 1 is 1.25 bits per heavy atom. The van der Waals surface area contributed by atoms with Crippen molar-refractivity contribution in [3.8, 4) is 0 Å². The highest BCUT2D eigenvalue weighted by Gasteiger charge is 2.20. The van der Waals surface area contributed by atoms with Crippen LogP contribution < -0.4 is 5.32 Å². The van der Waals surface area contributed by atoms with Crippen molar-refractivity contribution in [2.75, 3.05) is 12.4 Å². The van der Waals surface area contributed by atoms with E-state index in [-0.39, 0.29) is 11.6 Å². The molecule has 0 bridgehead atoms. The minimum absolute atomic E-state index is 0.150. The molecule has 0 aromatic heterocycles. The van der Waals surface area contributed by atoms with E-state index in [1.165, 1.54) is 0 Å². The van der Waals surface area contributed by atoms with Gasteiger partial charge in [-0.05, 0) is 35.3 Å². The zero-order valence-corrected chi connectivity index (χ0v) is 10.1. The fourth-order valence-electron chi connectivity index (χ4n) is 1.28. The quantitative estimate of drug-likeness (QED) is 0.827. The first kappa shape index (κ1) is 11.2. The average molecular weight is 257 g/mol. The van der Waals surface area contributed by atoms with Gasteiger partial charge in [0.05, 0.1) is 0 Å². The number of hydrogen-bond donors (Lipinski definition) is 1. The second-order valence-corrected chi connectivity index (χ2v) is 3.95. The summed E-state index contributed by atoms with van der Waals surface area (Å²) in [4.78, 5) is 9.67. The molecule has 1 heterocycles. The molecule has 1 aromatic carbocycles. The summed E-state index contributed by atoms with van der Waals surface area (Å²) in [6.07, 6.45) is -0.333. The molecule has 0 aliphatic carbocycles. The van der Waals surface area contributed by atoms with Crippen molar-refractivity contribution in [2.45, 2.75) is 6.29 Å². The Morgan fingerprint density at radius 2 is 1.94 bits per heavy atom. The van der Waals surface area contributed by atoms with E-state index in [9.17, 15) is 0 Å². The third kappa shape index (κ3) is 2.46. The van der Waals surface area contributed by atoms with Crippen molar-refractivity contribution in [1.82, 2.24) is 4.90 Å². The SMILES string of the molecule is CN1C(Cl)=NC(Cl)=NC1Nc1ccccc1. The minimum atomic E-state index is -0.333. The third-order valence-electron chi connectivity index (χ3n) is 2.14. The molecule has 1 unspecified atom stereocenters. The van der Waals surface area contributed by atoms with Crippen molar-refractivity contribution in [3.63, 3.8) is 0 Å². The number of amidine groups is 2. The molecule has 6 heteroatoms. The third-order valence-corrected chi connectivity index (χ3v) is 2.67. The van der Waals surface area contributed by atoms with Gasteiger partial charge in [0.25, 0.3) is 0 Å². The first-order chi connectivity index (χ1) is 7.66. The van der Waals surface area contributed by atoms with Gasteiger partial charge in [0, 0.05) is 12.7 Å². The number of halogens is 2. The molecule has 1 aromatic rings. The number of aliphatic imine (C=N–C) groups is 2. The predicted octanol–water partition coefficient (Wildman–Crippen LogP) is 2.52. The second kappa shape index (κ2) is 4.72. The number of rotatable bonds is 2. The van der Waals surface area contributed by atoms with Crippen LogP contribution in [0.4, 0.5) is 5.69 Å². The molecular formula is C10H10Cl2N4. The van der Waals surface area contributed by atoms with Crippen LogP contribution in [0.5, 0.6) is 0 Å². The molecule has 1 aliphatic rings. The average Bonchev–Trinajstić information content (AvgIpc) is 2.27. The van der Waals surface area contributed by atoms with Gasteiger partial charge in [-0.3, -0.25) is 0 Å². The Balaban J connectivity index is 2.14. The summed E-state index contributed by atoms with van der Waals surface area (Å²) in [6.45, 7) is 0. The predicted molar refractivity (Wildman–Crippen MR) is 68.2 cm³/mol. The fourth-order valence-corrected chi connectivity index (χ4v) is 1.67. The van der Waals surface area contributed by atoms with Crippen LogP contribution >= 0.6 is 23.2 Å². The van der Waals surface area contributed by atoms with E-state index in [1.807, 2.05) is 30.3 Å². The Hall–Kier alpha value is -1.26. The standard InChI is InChI=1S/C10H10Cl2N4/c1-16-9(12)14-8(11)15-10(16)13-7-5-3-2-4-6-7/h2-6,10,13H,1H3. The van der Waals surface area contributed by atoms with Crippen LogP contribution in [0, 0.1) is 0 Å². The van der Waals surface area contributed by atoms with Crippen molar-refractivity contribution in [3.05, 3.63) is 30.3 Å². The summed E-state index contributed by atoms with van der Waals surface area (Å²) in [6, 6.07) is 9.70. The fraction of sp³-hybridized carbons (Fsp3) is 0.200. The van der Waals surface area contributed by atoms with Gasteiger partial charge >= 0.3 is 0 Å². The van der Waals surface area contributed by atoms with Crippen LogP contribution in [-0.2, 0) is 0 Å². The normalized spacial score (nSPS) is 20.2. The van der Waals surface area contributed by atoms with Gasteiger partial charge in [0.2, 0.25) is 16.9 Å². The number of anilines is 1. The van der Waals surface area contributed by atoms with Gasteiger partial charge in [-0.2, -0.15) is 4.99 Å². The highest BCUT2D eigenvalue weighted by Crippen LogP contribution is 2.15. The smallest absolute Gasteiger partial charge is 0.224 e. The summed E-state index contributed by atoms with van der Waals surface area (Å²) in [5.41, 5.74) is 0.943. The highest BCUT2D eigenvalue weighted by atomic mass is 35.5. The Labute approximate surface area is 104 Å². The van der Waals surface area contributed by atoms with E-state index < -0.39 is 0 Å². The van der Waals surface area contributed by atoms with E-state index in [0.29, 0.717) is 5.29 Å². The van der Waals surface area contributed by atoms with Gasteiger partial charge < -0.3 is 10.2 Å². The van der Waals surface area contributed by atoms with Gasteiger partial charge in [0.1, 0.15) is 0 Å². The number of hydrogen-bond acceptors (Lipinski definition) is 4. The molecule has 1 N–H and O–H groups in total. The molecular weight excluding hydrogens is 247 g/mol. The van der Waals surface area contributed by atoms with E-state index in [0.717, 1.165) is 5.69 Å². The zero-order chi connectivity index (χ0) is 11.5. The number of benzene rings is 1. The summed E-state index contributed by atoms with van der Waals surface area (Å²) in [7, 11) is 1.79. The van der Waals surface area contributed by atoms with Crippen molar-refractivity contribution in [2.24, 2.45) is 9.98 Å². The molecule has 0 saturated heterocycles. The maximum atomic E-state index is 5.89. The van der Waals surface area contributed by atoms with Crippen LogP contribution in [0.15, 0.2) is 40.3 Å². The Kier molecular flexibility index (Phi) is 3.31. The molecule has 0 radical (unpaired) electrons. The molecule has 0 amide bonds. The van der Waals surface area contributed by atoms with E-state index in [4.69, 9.17) is 23.2 Å². The summed E-state index contributed by atoms with van der Waals surface area (Å²) in [5, 5.41) is 3.64. The van der Waals surface area contributed by atoms with Gasteiger partial charge in [-0.15, -0.1) is 0 Å². The number of nitrogens with zero attached hydrogens (tertiary/aromatic N) is 3. The van der Waals surface area contributed by atoms with Crippen LogP contribution in [0.25, 0.3) is 0 Å². The summed E-state index contributed by atoms with van der Waals surface area (Å²) in [5.74, 6) is 0. The first-order valence-electron chi connectivity index (χ1n) is 4.69. The van der Waals surface area contributed by atoms with Crippen LogP contribution in [-0.4, -0.2) is 28.8 Å². The minimum Gasteiger partial charge on any atom is -0.347 e. The largest absolute Gasteiger partial charge is 0.347 e. The maximum absolute atomic E-state index is 5.89. The van der Waals surface area contributed by atoms with Gasteiger partial charge in [-0.1, -0.05) is 18.2 Å². The van der Waals surface area contributed by atoms with Crippen molar-refractivity contribution >= 4 is 39.5 Å². The zero-order valence-electron chi connectivity index (χ0n) is 8.56. The maximum Gasteiger partial charge on any atom is 0.224 e. The molecule has 1 aliphatic heterocycles. The molecule has 16 heavy (non-hydrogen) atoms. The Bertz CT molecular complexity index is 430. The van der Waals surface area contributed by atoms with E-state index in [2.05, 4.69) is 15.3 Å². The molecule has 84 valence electrons. The summed E-state index contributed by atoms with van der Waals surface area (Å²) < 4.78 is 0. The van der Waals surface area contributed by atoms with Gasteiger partial charge in [0.15, 0.2) is 0 Å². The molecule has 1 atom stereocenters.